The van der Waals surface area contributed by atoms with Crippen LogP contribution in [0.25, 0.3) is 0 Å². The minimum Gasteiger partial charge on any atom is -0.486 e. The van der Waals surface area contributed by atoms with Crippen LogP contribution in [0.1, 0.15) is 59.2 Å². The number of ketones is 1. The maximum absolute atomic E-state index is 12.5. The van der Waals surface area contributed by atoms with E-state index in [4.69, 9.17) is 14.0 Å². The van der Waals surface area contributed by atoms with E-state index in [1.54, 1.807) is 42.3 Å². The summed E-state index contributed by atoms with van der Waals surface area (Å²) in [6.45, 7) is 3.05. The number of amides is 1. The van der Waals surface area contributed by atoms with Gasteiger partial charge in [0.1, 0.15) is 12.4 Å². The van der Waals surface area contributed by atoms with Crippen LogP contribution in [0.2, 0.25) is 0 Å². The molecule has 2 heterocycles. The van der Waals surface area contributed by atoms with Gasteiger partial charge < -0.3 is 18.9 Å². The zero-order valence-corrected chi connectivity index (χ0v) is 16.3. The van der Waals surface area contributed by atoms with E-state index in [-0.39, 0.29) is 30.1 Å². The van der Waals surface area contributed by atoms with Crippen LogP contribution in [0.3, 0.4) is 0 Å². The molecule has 150 valence electrons. The Morgan fingerprint density at radius 2 is 2.14 bits per heavy atom. The summed E-state index contributed by atoms with van der Waals surface area (Å²) in [5.74, 6) is 0.784. The highest BCUT2D eigenvalue weighted by Gasteiger charge is 2.20. The van der Waals surface area contributed by atoms with Crippen LogP contribution < -0.4 is 4.74 Å². The summed E-state index contributed by atoms with van der Waals surface area (Å²) in [6, 6.07) is 8.51. The van der Waals surface area contributed by atoms with Crippen molar-refractivity contribution in [2.24, 2.45) is 0 Å². The first-order valence-electron chi connectivity index (χ1n) is 9.59. The topological polar surface area (TPSA) is 81.9 Å². The van der Waals surface area contributed by atoms with Crippen molar-refractivity contribution in [3.8, 4) is 5.75 Å². The fourth-order valence-corrected chi connectivity index (χ4v) is 3.11. The van der Waals surface area contributed by atoms with Crippen molar-refractivity contribution in [3.63, 3.8) is 0 Å². The van der Waals surface area contributed by atoms with Crippen molar-refractivity contribution in [3.05, 3.63) is 47.3 Å². The minimum atomic E-state index is -0.190. The van der Waals surface area contributed by atoms with Crippen LogP contribution in [0, 0.1) is 0 Å². The number of nitrogens with zero attached hydrogens (tertiary/aromatic N) is 2. The number of hydrogen-bond acceptors (Lipinski definition) is 6. The van der Waals surface area contributed by atoms with Gasteiger partial charge in [0, 0.05) is 31.8 Å². The van der Waals surface area contributed by atoms with Gasteiger partial charge in [0.25, 0.3) is 5.91 Å². The second-order valence-electron chi connectivity index (χ2n) is 7.06. The maximum Gasteiger partial charge on any atom is 0.275 e. The summed E-state index contributed by atoms with van der Waals surface area (Å²) in [5.41, 5.74) is 0.831. The minimum absolute atomic E-state index is 0.0281. The molecule has 1 aromatic carbocycles. The molecule has 1 fully saturated rings. The van der Waals surface area contributed by atoms with Crippen molar-refractivity contribution < 1.29 is 23.6 Å². The predicted molar refractivity (Wildman–Crippen MR) is 102 cm³/mol. The second-order valence-corrected chi connectivity index (χ2v) is 7.06. The molecule has 1 aliphatic rings. The van der Waals surface area contributed by atoms with Crippen LogP contribution in [-0.2, 0) is 11.3 Å². The van der Waals surface area contributed by atoms with E-state index in [0.29, 0.717) is 23.6 Å². The molecule has 0 N–H and O–H groups in total. The molecule has 7 nitrogen and oxygen atoms in total. The quantitative estimate of drug-likeness (QED) is 0.646. The first-order valence-corrected chi connectivity index (χ1v) is 9.59. The fourth-order valence-electron chi connectivity index (χ4n) is 3.11. The van der Waals surface area contributed by atoms with Crippen molar-refractivity contribution in [1.82, 2.24) is 10.1 Å². The maximum atomic E-state index is 12.5. The Hall–Kier alpha value is -2.67. The Bertz CT molecular complexity index is 811. The molecular formula is C21H26N2O5. The Morgan fingerprint density at radius 3 is 2.89 bits per heavy atom. The van der Waals surface area contributed by atoms with Gasteiger partial charge in [-0.3, -0.25) is 9.59 Å². The summed E-state index contributed by atoms with van der Waals surface area (Å²) >= 11 is 0. The monoisotopic (exact) mass is 386 g/mol. The molecule has 2 aromatic rings. The Kier molecular flexibility index (Phi) is 6.81. The Morgan fingerprint density at radius 1 is 1.29 bits per heavy atom. The second kappa shape index (κ2) is 9.50. The van der Waals surface area contributed by atoms with Gasteiger partial charge in [-0.15, -0.1) is 0 Å². The number of carbonyl (C=O) groups excluding carboxylic acids is 2. The van der Waals surface area contributed by atoms with Crippen molar-refractivity contribution in [2.75, 3.05) is 20.2 Å². The standard InChI is InChI=1S/C21H26N2O5/c1-15(24)16-6-5-8-18(12-16)27-14-19-13-20(22-28-19)21(25)23(2)10-9-17-7-3-4-11-26-17/h5-6,8,12-13,17H,3-4,7,9-11,14H2,1-2H3/t17-/m0/s1. The number of rotatable bonds is 8. The summed E-state index contributed by atoms with van der Waals surface area (Å²) in [5, 5.41) is 3.86. The summed E-state index contributed by atoms with van der Waals surface area (Å²) in [7, 11) is 1.75. The summed E-state index contributed by atoms with van der Waals surface area (Å²) in [6.07, 6.45) is 4.41. The molecule has 1 aliphatic heterocycles. The van der Waals surface area contributed by atoms with E-state index >= 15 is 0 Å². The van der Waals surface area contributed by atoms with Crippen molar-refractivity contribution in [1.29, 1.82) is 0 Å². The van der Waals surface area contributed by atoms with E-state index in [1.807, 2.05) is 0 Å². The van der Waals surface area contributed by atoms with Gasteiger partial charge in [-0.05, 0) is 44.7 Å². The van der Waals surface area contributed by atoms with Crippen LogP contribution in [0.15, 0.2) is 34.9 Å². The lowest BCUT2D eigenvalue weighted by atomic mass is 10.1. The lowest BCUT2D eigenvalue weighted by Crippen LogP contribution is -2.31. The van der Waals surface area contributed by atoms with Gasteiger partial charge in [0.05, 0.1) is 6.10 Å². The van der Waals surface area contributed by atoms with E-state index in [0.717, 1.165) is 25.9 Å². The molecule has 0 spiro atoms. The van der Waals surface area contributed by atoms with Crippen molar-refractivity contribution in [2.45, 2.75) is 45.3 Å². The van der Waals surface area contributed by atoms with Crippen LogP contribution >= 0.6 is 0 Å². The van der Waals surface area contributed by atoms with Crippen LogP contribution in [0.4, 0.5) is 0 Å². The molecule has 28 heavy (non-hydrogen) atoms. The van der Waals surface area contributed by atoms with E-state index in [2.05, 4.69) is 5.16 Å². The molecular weight excluding hydrogens is 360 g/mol. The van der Waals surface area contributed by atoms with Gasteiger partial charge in [0.15, 0.2) is 17.2 Å². The molecule has 1 atom stereocenters. The normalized spacial score (nSPS) is 16.6. The number of carbonyl (C=O) groups is 2. The molecule has 1 saturated heterocycles. The average Bonchev–Trinajstić information content (AvgIpc) is 3.20. The molecule has 1 aromatic heterocycles. The largest absolute Gasteiger partial charge is 0.486 e. The SMILES string of the molecule is CC(=O)c1cccc(OCc2cc(C(=O)N(C)CC[C@@H]3CCCCO3)no2)c1. The molecule has 0 unspecified atom stereocenters. The molecule has 7 heteroatoms. The third kappa shape index (κ3) is 5.42. The highest BCUT2D eigenvalue weighted by Crippen LogP contribution is 2.18. The van der Waals surface area contributed by atoms with Gasteiger partial charge in [-0.2, -0.15) is 0 Å². The number of Topliss-reactive ketones (excluding diaryl/α,β-unsaturated/α-hetero) is 1. The van der Waals surface area contributed by atoms with E-state index < -0.39 is 0 Å². The molecule has 0 saturated carbocycles. The lowest BCUT2D eigenvalue weighted by molar-refractivity contribution is 0.00703. The third-order valence-electron chi connectivity index (χ3n) is 4.81. The lowest BCUT2D eigenvalue weighted by Gasteiger charge is -2.24. The Labute approximate surface area is 164 Å². The number of hydrogen-bond donors (Lipinski definition) is 0. The third-order valence-corrected chi connectivity index (χ3v) is 4.81. The predicted octanol–water partition coefficient (Wildman–Crippen LogP) is 3.49. The van der Waals surface area contributed by atoms with Gasteiger partial charge >= 0.3 is 0 Å². The number of benzene rings is 1. The first-order chi connectivity index (χ1) is 13.5. The highest BCUT2D eigenvalue weighted by molar-refractivity contribution is 5.94. The zero-order chi connectivity index (χ0) is 19.9. The van der Waals surface area contributed by atoms with Crippen LogP contribution in [-0.4, -0.2) is 48.1 Å². The van der Waals surface area contributed by atoms with Gasteiger partial charge in [0.2, 0.25) is 0 Å². The van der Waals surface area contributed by atoms with E-state index in [1.165, 1.54) is 13.3 Å². The molecule has 0 aliphatic carbocycles. The summed E-state index contributed by atoms with van der Waals surface area (Å²) < 4.78 is 16.6. The average molecular weight is 386 g/mol. The molecule has 3 rings (SSSR count). The highest BCUT2D eigenvalue weighted by atomic mass is 16.5. The van der Waals surface area contributed by atoms with Gasteiger partial charge in [-0.1, -0.05) is 17.3 Å². The van der Waals surface area contributed by atoms with Crippen LogP contribution in [0.5, 0.6) is 5.75 Å². The fraction of sp³-hybridized carbons (Fsp3) is 0.476. The van der Waals surface area contributed by atoms with Crippen molar-refractivity contribution >= 4 is 11.7 Å². The molecule has 0 bridgehead atoms. The smallest absolute Gasteiger partial charge is 0.275 e. The summed E-state index contributed by atoms with van der Waals surface area (Å²) in [4.78, 5) is 25.6. The number of ether oxygens (including phenoxy) is 2. The zero-order valence-electron chi connectivity index (χ0n) is 16.3. The first kappa shape index (κ1) is 20.1. The van der Waals surface area contributed by atoms with Gasteiger partial charge in [-0.25, -0.2) is 0 Å². The molecule has 0 radical (unpaired) electrons. The Balaban J connectivity index is 1.50. The molecule has 1 amide bonds. The number of aromatic nitrogens is 1. The van der Waals surface area contributed by atoms with E-state index in [9.17, 15) is 9.59 Å².